The predicted molar refractivity (Wildman–Crippen MR) is 93.1 cm³/mol. The number of benzene rings is 2. The highest BCUT2D eigenvalue weighted by Gasteiger charge is 2.04. The molecule has 2 aromatic rings. The molecule has 0 atom stereocenters. The highest BCUT2D eigenvalue weighted by atomic mass is 79.9. The second kappa shape index (κ2) is 8.83. The minimum atomic E-state index is -0.428. The van der Waals surface area contributed by atoms with Crippen molar-refractivity contribution in [3.63, 3.8) is 0 Å². The van der Waals surface area contributed by atoms with Crippen molar-refractivity contribution in [1.82, 2.24) is 5.43 Å². The Balaban J connectivity index is 1.87. The number of carbonyl (C=O) groups excluding carboxylic acids is 2. The molecule has 0 aliphatic rings. The van der Waals surface area contributed by atoms with Crippen molar-refractivity contribution >= 4 is 34.0 Å². The molecule has 1 N–H and O–H groups in total. The standard InChI is InChI=1S/C17H15BrN2O4/c1-12(21)24-16-8-3-2-5-13(16)10-19-20-17(22)11-23-15-7-4-6-14(18)9-15/h2-10H,11H2,1H3,(H,20,22)/b19-10-. The summed E-state index contributed by atoms with van der Waals surface area (Å²) in [6, 6.07) is 14.0. The van der Waals surface area contributed by atoms with E-state index in [2.05, 4.69) is 26.5 Å². The van der Waals surface area contributed by atoms with Crippen LogP contribution in [0.2, 0.25) is 0 Å². The fourth-order valence-corrected chi connectivity index (χ4v) is 2.12. The fourth-order valence-electron chi connectivity index (χ4n) is 1.75. The van der Waals surface area contributed by atoms with Crippen LogP contribution in [-0.2, 0) is 9.59 Å². The summed E-state index contributed by atoms with van der Waals surface area (Å²) in [4.78, 5) is 22.7. The number of nitrogens with zero attached hydrogens (tertiary/aromatic N) is 1. The number of carbonyl (C=O) groups is 2. The van der Waals surface area contributed by atoms with Crippen LogP contribution in [0.1, 0.15) is 12.5 Å². The van der Waals surface area contributed by atoms with E-state index >= 15 is 0 Å². The number of esters is 1. The van der Waals surface area contributed by atoms with Crippen LogP contribution in [-0.4, -0.2) is 24.7 Å². The van der Waals surface area contributed by atoms with Crippen molar-refractivity contribution in [2.24, 2.45) is 5.10 Å². The second-order valence-electron chi connectivity index (χ2n) is 4.67. The largest absolute Gasteiger partial charge is 0.484 e. The molecule has 0 radical (unpaired) electrons. The molecule has 0 heterocycles. The first kappa shape index (κ1) is 17.7. The first-order valence-electron chi connectivity index (χ1n) is 7.02. The van der Waals surface area contributed by atoms with E-state index in [1.54, 1.807) is 42.5 Å². The molecule has 0 unspecified atom stereocenters. The smallest absolute Gasteiger partial charge is 0.308 e. The van der Waals surface area contributed by atoms with Gasteiger partial charge in [0.05, 0.1) is 6.21 Å². The Bertz CT molecular complexity index is 762. The van der Waals surface area contributed by atoms with Crippen LogP contribution in [0.3, 0.4) is 0 Å². The number of nitrogens with one attached hydrogen (secondary N) is 1. The third-order valence-electron chi connectivity index (χ3n) is 2.73. The van der Waals surface area contributed by atoms with E-state index in [0.717, 1.165) is 4.47 Å². The zero-order valence-electron chi connectivity index (χ0n) is 12.9. The molecule has 0 aromatic heterocycles. The lowest BCUT2D eigenvalue weighted by Gasteiger charge is -2.06. The summed E-state index contributed by atoms with van der Waals surface area (Å²) in [5.74, 6) is 0.107. The highest BCUT2D eigenvalue weighted by molar-refractivity contribution is 9.10. The molecule has 0 fully saturated rings. The number of amides is 1. The van der Waals surface area contributed by atoms with E-state index < -0.39 is 11.9 Å². The molecule has 2 rings (SSSR count). The summed E-state index contributed by atoms with van der Waals surface area (Å²) >= 11 is 3.32. The third-order valence-corrected chi connectivity index (χ3v) is 3.22. The van der Waals surface area contributed by atoms with Gasteiger partial charge in [-0.3, -0.25) is 9.59 Å². The van der Waals surface area contributed by atoms with Gasteiger partial charge in [0.1, 0.15) is 11.5 Å². The summed E-state index contributed by atoms with van der Waals surface area (Å²) in [6.07, 6.45) is 1.40. The van der Waals surface area contributed by atoms with Gasteiger partial charge in [0, 0.05) is 17.0 Å². The van der Waals surface area contributed by atoms with Gasteiger partial charge in [-0.15, -0.1) is 0 Å². The van der Waals surface area contributed by atoms with E-state index in [-0.39, 0.29) is 6.61 Å². The number of hydrazone groups is 1. The first-order chi connectivity index (χ1) is 11.5. The monoisotopic (exact) mass is 390 g/mol. The molecule has 7 heteroatoms. The van der Waals surface area contributed by atoms with Gasteiger partial charge in [0.25, 0.3) is 5.91 Å². The van der Waals surface area contributed by atoms with Crippen molar-refractivity contribution < 1.29 is 19.1 Å². The zero-order valence-corrected chi connectivity index (χ0v) is 14.4. The third kappa shape index (κ3) is 5.85. The number of hydrogen-bond acceptors (Lipinski definition) is 5. The summed E-state index contributed by atoms with van der Waals surface area (Å²) in [5.41, 5.74) is 2.92. The van der Waals surface area contributed by atoms with Crippen LogP contribution in [0.25, 0.3) is 0 Å². The van der Waals surface area contributed by atoms with E-state index in [9.17, 15) is 9.59 Å². The van der Waals surface area contributed by atoms with Gasteiger partial charge in [-0.2, -0.15) is 5.10 Å². The Hall–Kier alpha value is -2.67. The Morgan fingerprint density at radius 3 is 2.75 bits per heavy atom. The molecule has 0 aliphatic heterocycles. The van der Waals surface area contributed by atoms with Crippen molar-refractivity contribution in [3.05, 3.63) is 58.6 Å². The van der Waals surface area contributed by atoms with Gasteiger partial charge in [-0.05, 0) is 30.3 Å². The van der Waals surface area contributed by atoms with Gasteiger partial charge < -0.3 is 9.47 Å². The SMILES string of the molecule is CC(=O)Oc1ccccc1/C=N\NC(=O)COc1cccc(Br)c1. The maximum Gasteiger partial charge on any atom is 0.308 e. The van der Waals surface area contributed by atoms with E-state index in [1.165, 1.54) is 13.1 Å². The summed E-state index contributed by atoms with van der Waals surface area (Å²) in [6.45, 7) is 1.15. The normalized spacial score (nSPS) is 10.4. The molecule has 0 spiro atoms. The minimum Gasteiger partial charge on any atom is -0.484 e. The summed E-state index contributed by atoms with van der Waals surface area (Å²) in [7, 11) is 0. The Morgan fingerprint density at radius 1 is 1.21 bits per heavy atom. The lowest BCUT2D eigenvalue weighted by molar-refractivity contribution is -0.132. The van der Waals surface area contributed by atoms with Crippen LogP contribution < -0.4 is 14.9 Å². The van der Waals surface area contributed by atoms with Gasteiger partial charge in [0.2, 0.25) is 0 Å². The van der Waals surface area contributed by atoms with Gasteiger partial charge in [0.15, 0.2) is 6.61 Å². The van der Waals surface area contributed by atoms with Gasteiger partial charge >= 0.3 is 5.97 Å². The maximum absolute atomic E-state index is 11.7. The van der Waals surface area contributed by atoms with Crippen LogP contribution in [0.5, 0.6) is 11.5 Å². The molecular weight excluding hydrogens is 376 g/mol. The zero-order chi connectivity index (χ0) is 17.4. The maximum atomic E-state index is 11.7. The minimum absolute atomic E-state index is 0.167. The summed E-state index contributed by atoms with van der Waals surface area (Å²) < 4.78 is 11.3. The molecule has 124 valence electrons. The molecule has 1 amide bonds. The molecule has 6 nitrogen and oxygen atoms in total. The lowest BCUT2D eigenvalue weighted by atomic mass is 10.2. The Morgan fingerprint density at radius 2 is 2.00 bits per heavy atom. The number of hydrogen-bond donors (Lipinski definition) is 1. The number of ether oxygens (including phenoxy) is 2. The number of rotatable bonds is 6. The van der Waals surface area contributed by atoms with Crippen molar-refractivity contribution in [2.75, 3.05) is 6.61 Å². The first-order valence-corrected chi connectivity index (χ1v) is 7.81. The average Bonchev–Trinajstić information content (AvgIpc) is 2.54. The van der Waals surface area contributed by atoms with Crippen LogP contribution in [0.4, 0.5) is 0 Å². The van der Waals surface area contributed by atoms with E-state index in [1.807, 2.05) is 6.07 Å². The quantitative estimate of drug-likeness (QED) is 0.356. The Labute approximate surface area is 147 Å². The predicted octanol–water partition coefficient (Wildman–Crippen LogP) is 2.90. The van der Waals surface area contributed by atoms with Gasteiger partial charge in [-0.1, -0.05) is 34.1 Å². The van der Waals surface area contributed by atoms with Crippen LogP contribution in [0.15, 0.2) is 58.1 Å². The topological polar surface area (TPSA) is 77.0 Å². The molecule has 0 bridgehead atoms. The van der Waals surface area contributed by atoms with Gasteiger partial charge in [-0.25, -0.2) is 5.43 Å². The van der Waals surface area contributed by atoms with Crippen molar-refractivity contribution in [3.8, 4) is 11.5 Å². The van der Waals surface area contributed by atoms with Crippen molar-refractivity contribution in [1.29, 1.82) is 0 Å². The average molecular weight is 391 g/mol. The molecule has 0 saturated carbocycles. The molecule has 0 aliphatic carbocycles. The molecular formula is C17H15BrN2O4. The fraction of sp³-hybridized carbons (Fsp3) is 0.118. The molecule has 24 heavy (non-hydrogen) atoms. The number of para-hydroxylation sites is 1. The molecule has 0 saturated heterocycles. The molecule has 2 aromatic carbocycles. The van der Waals surface area contributed by atoms with Crippen molar-refractivity contribution in [2.45, 2.75) is 6.92 Å². The lowest BCUT2D eigenvalue weighted by Crippen LogP contribution is -2.24. The van der Waals surface area contributed by atoms with Crippen LogP contribution >= 0.6 is 15.9 Å². The van der Waals surface area contributed by atoms with Crippen LogP contribution in [0, 0.1) is 0 Å². The number of halogens is 1. The Kier molecular flexibility index (Phi) is 6.51. The highest BCUT2D eigenvalue weighted by Crippen LogP contribution is 2.17. The second-order valence-corrected chi connectivity index (χ2v) is 5.59. The summed E-state index contributed by atoms with van der Waals surface area (Å²) in [5, 5.41) is 3.83. The van der Waals surface area contributed by atoms with E-state index in [4.69, 9.17) is 9.47 Å². The van der Waals surface area contributed by atoms with E-state index in [0.29, 0.717) is 17.1 Å².